The summed E-state index contributed by atoms with van der Waals surface area (Å²) >= 11 is 0. The molecule has 0 bridgehead atoms. The Hall–Kier alpha value is -1.77. The fourth-order valence-corrected chi connectivity index (χ4v) is 2.37. The van der Waals surface area contributed by atoms with Crippen LogP contribution in [-0.2, 0) is 4.74 Å². The van der Waals surface area contributed by atoms with Crippen LogP contribution < -0.4 is 10.6 Å². The third-order valence-corrected chi connectivity index (χ3v) is 3.39. The molecule has 102 valence electrons. The number of nitrogen functional groups attached to an aromatic ring is 1. The van der Waals surface area contributed by atoms with E-state index in [1.807, 2.05) is 6.07 Å². The van der Waals surface area contributed by atoms with E-state index in [1.54, 1.807) is 12.1 Å². The highest BCUT2D eigenvalue weighted by Crippen LogP contribution is 2.27. The number of nitrogens with zero attached hydrogens (tertiary/aromatic N) is 2. The predicted octanol–water partition coefficient (Wildman–Crippen LogP) is 1.12. The zero-order valence-corrected chi connectivity index (χ0v) is 10.9. The maximum absolute atomic E-state index is 8.94. The molecule has 0 aromatic heterocycles. The van der Waals surface area contributed by atoms with E-state index in [1.165, 1.54) is 0 Å². The van der Waals surface area contributed by atoms with Crippen molar-refractivity contribution in [2.45, 2.75) is 18.9 Å². The molecular weight excluding hydrogens is 242 g/mol. The maximum Gasteiger partial charge on any atom is 0.0992 e. The molecule has 0 atom stereocenters. The Bertz CT molecular complexity index is 462. The number of rotatable bonds is 4. The summed E-state index contributed by atoms with van der Waals surface area (Å²) in [5, 5.41) is 17.7. The average molecular weight is 261 g/mol. The molecule has 1 aliphatic heterocycles. The van der Waals surface area contributed by atoms with Crippen molar-refractivity contribution in [1.82, 2.24) is 0 Å². The van der Waals surface area contributed by atoms with Crippen LogP contribution in [0.3, 0.4) is 0 Å². The lowest BCUT2D eigenvalue weighted by Gasteiger charge is -2.34. The highest BCUT2D eigenvalue weighted by atomic mass is 16.5. The number of aliphatic hydroxyl groups excluding tert-OH is 1. The third-order valence-electron chi connectivity index (χ3n) is 3.39. The van der Waals surface area contributed by atoms with Gasteiger partial charge in [-0.1, -0.05) is 0 Å². The third kappa shape index (κ3) is 3.37. The molecule has 0 unspecified atom stereocenters. The number of nitrogens with two attached hydrogens (primary N) is 1. The lowest BCUT2D eigenvalue weighted by Crippen LogP contribution is -2.37. The molecule has 0 spiro atoms. The number of hydrogen-bond acceptors (Lipinski definition) is 5. The summed E-state index contributed by atoms with van der Waals surface area (Å²) in [6, 6.07) is 7.49. The molecule has 5 nitrogen and oxygen atoms in total. The Kier molecular flexibility index (Phi) is 4.61. The van der Waals surface area contributed by atoms with Crippen LogP contribution in [0.1, 0.15) is 18.4 Å². The summed E-state index contributed by atoms with van der Waals surface area (Å²) in [6.45, 7) is 2.18. The summed E-state index contributed by atoms with van der Waals surface area (Å²) in [4.78, 5) is 2.19. The summed E-state index contributed by atoms with van der Waals surface area (Å²) in [6.07, 6.45) is 2.04. The molecule has 1 saturated heterocycles. The quantitative estimate of drug-likeness (QED) is 0.794. The first kappa shape index (κ1) is 13.7. The van der Waals surface area contributed by atoms with Crippen LogP contribution in [0.2, 0.25) is 0 Å². The van der Waals surface area contributed by atoms with Gasteiger partial charge >= 0.3 is 0 Å². The van der Waals surface area contributed by atoms with E-state index in [0.717, 1.165) is 31.6 Å². The van der Waals surface area contributed by atoms with Gasteiger partial charge in [0.2, 0.25) is 0 Å². The molecule has 0 amide bonds. The first-order valence-corrected chi connectivity index (χ1v) is 6.51. The van der Waals surface area contributed by atoms with Crippen molar-refractivity contribution in [1.29, 1.82) is 5.26 Å². The van der Waals surface area contributed by atoms with Crippen LogP contribution >= 0.6 is 0 Å². The zero-order chi connectivity index (χ0) is 13.7. The van der Waals surface area contributed by atoms with Gasteiger partial charge in [0.1, 0.15) is 0 Å². The van der Waals surface area contributed by atoms with E-state index in [4.69, 9.17) is 20.8 Å². The van der Waals surface area contributed by atoms with Crippen molar-refractivity contribution in [3.63, 3.8) is 0 Å². The minimum absolute atomic E-state index is 0.0668. The molecule has 5 heteroatoms. The Morgan fingerprint density at radius 1 is 1.42 bits per heavy atom. The van der Waals surface area contributed by atoms with Crippen molar-refractivity contribution in [3.8, 4) is 6.07 Å². The molecule has 0 saturated carbocycles. The van der Waals surface area contributed by atoms with Gasteiger partial charge in [0.25, 0.3) is 0 Å². The number of aliphatic hydroxyl groups is 1. The summed E-state index contributed by atoms with van der Waals surface area (Å²) in [7, 11) is 0. The Morgan fingerprint density at radius 2 is 2.16 bits per heavy atom. The number of nitriles is 1. The first-order chi connectivity index (χ1) is 9.24. The monoisotopic (exact) mass is 261 g/mol. The highest BCUT2D eigenvalue weighted by molar-refractivity contribution is 5.69. The fraction of sp³-hybridized carbons (Fsp3) is 0.500. The van der Waals surface area contributed by atoms with Crippen molar-refractivity contribution in [2.24, 2.45) is 0 Å². The molecule has 3 N–H and O–H groups in total. The normalized spacial score (nSPS) is 16.3. The van der Waals surface area contributed by atoms with Crippen molar-refractivity contribution in [3.05, 3.63) is 23.8 Å². The molecular formula is C14H19N3O2. The molecule has 1 aromatic carbocycles. The number of anilines is 2. The summed E-state index contributed by atoms with van der Waals surface area (Å²) < 4.78 is 5.53. The predicted molar refractivity (Wildman–Crippen MR) is 73.8 cm³/mol. The standard InChI is InChI=1S/C14H19N3O2/c15-10-11-1-2-13(16)14(9-11)17-5-3-12(4-6-17)19-8-7-18/h1-2,9,12,18H,3-8,16H2. The van der Waals surface area contributed by atoms with Gasteiger partial charge in [-0.15, -0.1) is 0 Å². The Labute approximate surface area is 113 Å². The Balaban J connectivity index is 1.99. The van der Waals surface area contributed by atoms with E-state index in [2.05, 4.69) is 11.0 Å². The van der Waals surface area contributed by atoms with Gasteiger partial charge in [0, 0.05) is 13.1 Å². The number of benzene rings is 1. The SMILES string of the molecule is N#Cc1ccc(N)c(N2CCC(OCCO)CC2)c1. The van der Waals surface area contributed by atoms with Crippen LogP contribution in [0.4, 0.5) is 11.4 Å². The molecule has 0 radical (unpaired) electrons. The van der Waals surface area contributed by atoms with Crippen molar-refractivity contribution >= 4 is 11.4 Å². The lowest BCUT2D eigenvalue weighted by atomic mass is 10.1. The fourth-order valence-electron chi connectivity index (χ4n) is 2.37. The topological polar surface area (TPSA) is 82.5 Å². The molecule has 1 aromatic rings. The van der Waals surface area contributed by atoms with E-state index < -0.39 is 0 Å². The number of ether oxygens (including phenoxy) is 1. The second-order valence-electron chi connectivity index (χ2n) is 4.67. The molecule has 19 heavy (non-hydrogen) atoms. The van der Waals surface area contributed by atoms with Gasteiger partial charge < -0.3 is 20.5 Å². The largest absolute Gasteiger partial charge is 0.397 e. The van der Waals surface area contributed by atoms with Crippen LogP contribution in [0.5, 0.6) is 0 Å². The second kappa shape index (κ2) is 6.41. The van der Waals surface area contributed by atoms with Gasteiger partial charge in [-0.2, -0.15) is 5.26 Å². The summed E-state index contributed by atoms with van der Waals surface area (Å²) in [5.74, 6) is 0. The number of piperidine rings is 1. The highest BCUT2D eigenvalue weighted by Gasteiger charge is 2.21. The smallest absolute Gasteiger partial charge is 0.0992 e. The first-order valence-electron chi connectivity index (χ1n) is 6.51. The molecule has 1 fully saturated rings. The van der Waals surface area contributed by atoms with Gasteiger partial charge in [-0.05, 0) is 31.0 Å². The molecule has 2 rings (SSSR count). The van der Waals surface area contributed by atoms with E-state index in [9.17, 15) is 0 Å². The van der Waals surface area contributed by atoms with Gasteiger partial charge in [-0.25, -0.2) is 0 Å². The van der Waals surface area contributed by atoms with Gasteiger partial charge in [-0.3, -0.25) is 0 Å². The number of hydrogen-bond donors (Lipinski definition) is 2. The van der Waals surface area contributed by atoms with E-state index in [0.29, 0.717) is 17.9 Å². The molecule has 1 heterocycles. The van der Waals surface area contributed by atoms with E-state index in [-0.39, 0.29) is 12.7 Å². The minimum atomic E-state index is 0.0668. The van der Waals surface area contributed by atoms with E-state index >= 15 is 0 Å². The summed E-state index contributed by atoms with van der Waals surface area (Å²) in [5.41, 5.74) is 8.23. The molecule has 1 aliphatic rings. The van der Waals surface area contributed by atoms with Crippen LogP contribution in [0.25, 0.3) is 0 Å². The Morgan fingerprint density at radius 3 is 2.79 bits per heavy atom. The average Bonchev–Trinajstić information content (AvgIpc) is 2.46. The van der Waals surface area contributed by atoms with Crippen molar-refractivity contribution < 1.29 is 9.84 Å². The van der Waals surface area contributed by atoms with Crippen LogP contribution in [0, 0.1) is 11.3 Å². The minimum Gasteiger partial charge on any atom is -0.397 e. The molecule has 0 aliphatic carbocycles. The maximum atomic E-state index is 8.94. The van der Waals surface area contributed by atoms with Gasteiger partial charge in [0.05, 0.1) is 42.3 Å². The van der Waals surface area contributed by atoms with Crippen molar-refractivity contribution in [2.75, 3.05) is 36.9 Å². The lowest BCUT2D eigenvalue weighted by molar-refractivity contribution is 0.0159. The van der Waals surface area contributed by atoms with Gasteiger partial charge in [0.15, 0.2) is 0 Å². The van der Waals surface area contributed by atoms with Crippen LogP contribution in [-0.4, -0.2) is 37.5 Å². The zero-order valence-electron chi connectivity index (χ0n) is 10.9. The van der Waals surface area contributed by atoms with Crippen LogP contribution in [0.15, 0.2) is 18.2 Å². The second-order valence-corrected chi connectivity index (χ2v) is 4.67.